The van der Waals surface area contributed by atoms with Gasteiger partial charge in [-0.3, -0.25) is 4.79 Å². The zero-order chi connectivity index (χ0) is 21.4. The SMILES string of the molecule is COc1c(N2CC3CC=CC3(N)C2)c(F)cc2c(=O)c(C(=O)O)cn(C3CC3F)c12. The zero-order valence-corrected chi connectivity index (χ0v) is 16.3. The smallest absolute Gasteiger partial charge is 0.341 e. The number of aromatic carboxylic acids is 1. The Kier molecular flexibility index (Phi) is 3.99. The molecule has 30 heavy (non-hydrogen) atoms. The summed E-state index contributed by atoms with van der Waals surface area (Å²) in [5, 5.41) is 9.26. The van der Waals surface area contributed by atoms with E-state index < -0.39 is 40.5 Å². The number of nitrogens with zero attached hydrogens (tertiary/aromatic N) is 2. The van der Waals surface area contributed by atoms with Crippen molar-refractivity contribution < 1.29 is 23.4 Å². The van der Waals surface area contributed by atoms with Crippen molar-refractivity contribution in [1.82, 2.24) is 4.57 Å². The van der Waals surface area contributed by atoms with E-state index in [1.165, 1.54) is 11.7 Å². The minimum absolute atomic E-state index is 0.0886. The molecule has 5 rings (SSSR count). The van der Waals surface area contributed by atoms with Crippen LogP contribution in [0.1, 0.15) is 29.2 Å². The number of hydrogen-bond donors (Lipinski definition) is 2. The molecule has 2 fully saturated rings. The summed E-state index contributed by atoms with van der Waals surface area (Å²) in [5.41, 5.74) is 4.90. The summed E-state index contributed by atoms with van der Waals surface area (Å²) in [6.07, 6.45) is 4.91. The molecule has 0 spiro atoms. The Labute approximate surface area is 170 Å². The number of rotatable bonds is 4. The van der Waals surface area contributed by atoms with Crippen molar-refractivity contribution in [2.45, 2.75) is 30.6 Å². The minimum atomic E-state index is -1.45. The first kappa shape index (κ1) is 19.0. The number of carboxylic acids is 1. The summed E-state index contributed by atoms with van der Waals surface area (Å²) in [7, 11) is 1.35. The number of methoxy groups -OCH3 is 1. The molecule has 1 aromatic heterocycles. The van der Waals surface area contributed by atoms with Crippen molar-refractivity contribution in [3.63, 3.8) is 0 Å². The fourth-order valence-corrected chi connectivity index (χ4v) is 4.85. The van der Waals surface area contributed by atoms with Gasteiger partial charge in [0.2, 0.25) is 5.43 Å². The monoisotopic (exact) mass is 417 g/mol. The Balaban J connectivity index is 1.77. The van der Waals surface area contributed by atoms with E-state index in [4.69, 9.17) is 10.5 Å². The summed E-state index contributed by atoms with van der Waals surface area (Å²) >= 11 is 0. The van der Waals surface area contributed by atoms with Crippen molar-refractivity contribution in [1.29, 1.82) is 0 Å². The number of nitrogens with two attached hydrogens (primary N) is 1. The minimum Gasteiger partial charge on any atom is -0.492 e. The number of aromatic nitrogens is 1. The Morgan fingerprint density at radius 1 is 1.43 bits per heavy atom. The molecule has 4 unspecified atom stereocenters. The molecule has 2 aromatic rings. The third kappa shape index (κ3) is 2.57. The number of anilines is 1. The fraction of sp³-hybridized carbons (Fsp3) is 0.429. The molecule has 1 aromatic carbocycles. The third-order valence-electron chi connectivity index (χ3n) is 6.50. The Morgan fingerprint density at radius 2 is 2.17 bits per heavy atom. The summed E-state index contributed by atoms with van der Waals surface area (Å²) in [5.74, 6) is -1.93. The van der Waals surface area contributed by atoms with Gasteiger partial charge in [-0.2, -0.15) is 0 Å². The van der Waals surface area contributed by atoms with E-state index in [2.05, 4.69) is 0 Å². The van der Waals surface area contributed by atoms with Gasteiger partial charge >= 0.3 is 5.97 Å². The molecule has 4 atom stereocenters. The van der Waals surface area contributed by atoms with Gasteiger partial charge in [-0.15, -0.1) is 0 Å². The number of fused-ring (bicyclic) bond motifs is 2. The molecule has 9 heteroatoms. The summed E-state index contributed by atoms with van der Waals surface area (Å²) in [6.45, 7) is 0.883. The largest absolute Gasteiger partial charge is 0.492 e. The highest BCUT2D eigenvalue weighted by Crippen LogP contribution is 2.47. The lowest BCUT2D eigenvalue weighted by molar-refractivity contribution is 0.0694. The molecule has 158 valence electrons. The second-order valence-corrected chi connectivity index (χ2v) is 8.37. The molecule has 0 bridgehead atoms. The number of hydrogen-bond acceptors (Lipinski definition) is 5. The molecule has 3 N–H and O–H groups in total. The van der Waals surface area contributed by atoms with E-state index in [9.17, 15) is 19.1 Å². The van der Waals surface area contributed by atoms with Gasteiger partial charge in [0.05, 0.1) is 29.6 Å². The molecule has 0 radical (unpaired) electrons. The highest BCUT2D eigenvalue weighted by molar-refractivity contribution is 5.97. The number of ether oxygens (including phenoxy) is 1. The van der Waals surface area contributed by atoms with Crippen LogP contribution in [0, 0.1) is 11.7 Å². The average Bonchev–Trinajstić information content (AvgIpc) is 3.16. The molecule has 2 aliphatic carbocycles. The maximum Gasteiger partial charge on any atom is 0.341 e. The number of pyridine rings is 1. The maximum absolute atomic E-state index is 15.3. The van der Waals surface area contributed by atoms with Crippen LogP contribution in [0.5, 0.6) is 5.75 Å². The Bertz CT molecular complexity index is 1180. The van der Waals surface area contributed by atoms with Gasteiger partial charge < -0.3 is 25.0 Å². The van der Waals surface area contributed by atoms with Crippen LogP contribution >= 0.6 is 0 Å². The maximum atomic E-state index is 15.3. The van der Waals surface area contributed by atoms with Gasteiger partial charge in [0.1, 0.15) is 17.4 Å². The molecule has 1 aliphatic heterocycles. The molecule has 1 saturated carbocycles. The number of benzene rings is 1. The topological polar surface area (TPSA) is 97.8 Å². The fourth-order valence-electron chi connectivity index (χ4n) is 4.85. The van der Waals surface area contributed by atoms with E-state index in [0.29, 0.717) is 13.1 Å². The lowest BCUT2D eigenvalue weighted by Crippen LogP contribution is -2.43. The predicted molar refractivity (Wildman–Crippen MR) is 107 cm³/mol. The molecule has 1 saturated heterocycles. The van der Waals surface area contributed by atoms with Crippen LogP contribution in [-0.2, 0) is 0 Å². The van der Waals surface area contributed by atoms with Crippen molar-refractivity contribution in [3.05, 3.63) is 46.0 Å². The van der Waals surface area contributed by atoms with E-state index in [1.807, 2.05) is 12.2 Å². The Hall–Kier alpha value is -2.94. The predicted octanol–water partition coefficient (Wildman–Crippen LogP) is 2.22. The average molecular weight is 417 g/mol. The molecular formula is C21H21F2N3O4. The van der Waals surface area contributed by atoms with Gasteiger partial charge in [-0.05, 0) is 12.5 Å². The highest BCUT2D eigenvalue weighted by atomic mass is 19.1. The van der Waals surface area contributed by atoms with Crippen LogP contribution in [0.3, 0.4) is 0 Å². The van der Waals surface area contributed by atoms with Crippen LogP contribution in [0.25, 0.3) is 10.9 Å². The Morgan fingerprint density at radius 3 is 2.77 bits per heavy atom. The lowest BCUT2D eigenvalue weighted by atomic mass is 9.92. The van der Waals surface area contributed by atoms with Crippen molar-refractivity contribution >= 4 is 22.6 Å². The summed E-state index contributed by atoms with van der Waals surface area (Å²) in [4.78, 5) is 26.1. The van der Waals surface area contributed by atoms with E-state index in [1.54, 1.807) is 4.90 Å². The molecule has 2 heterocycles. The molecule has 3 aliphatic rings. The van der Waals surface area contributed by atoms with Crippen LogP contribution in [-0.4, -0.2) is 47.6 Å². The normalized spacial score (nSPS) is 29.5. The van der Waals surface area contributed by atoms with Crippen LogP contribution in [0.2, 0.25) is 0 Å². The number of allylic oxidation sites excluding steroid dienone is 1. The van der Waals surface area contributed by atoms with Crippen molar-refractivity contribution in [2.24, 2.45) is 11.7 Å². The second kappa shape index (κ2) is 6.28. The van der Waals surface area contributed by atoms with Gasteiger partial charge in [0, 0.05) is 31.6 Å². The molecule has 0 amide bonds. The number of alkyl halides is 1. The van der Waals surface area contributed by atoms with Gasteiger partial charge in [0.15, 0.2) is 11.6 Å². The molecular weight excluding hydrogens is 396 g/mol. The van der Waals surface area contributed by atoms with Gasteiger partial charge in [-0.1, -0.05) is 12.2 Å². The number of carboxylic acid groups (broad SMARTS) is 1. The highest BCUT2D eigenvalue weighted by Gasteiger charge is 2.46. The van der Waals surface area contributed by atoms with E-state index in [0.717, 1.165) is 18.7 Å². The lowest BCUT2D eigenvalue weighted by Gasteiger charge is -2.26. The van der Waals surface area contributed by atoms with Crippen LogP contribution in [0.15, 0.2) is 29.2 Å². The summed E-state index contributed by atoms with van der Waals surface area (Å²) < 4.78 is 36.2. The van der Waals surface area contributed by atoms with Crippen LogP contribution in [0.4, 0.5) is 14.5 Å². The standard InChI is InChI=1S/C21H21F2N3O4/c1-30-19-16-11(18(27)12(20(28)29)8-26(16)15-6-13(15)22)5-14(23)17(19)25-7-10-3-2-4-21(10,24)9-25/h2,4-5,8,10,13,15H,3,6-7,9,24H2,1H3,(H,28,29). The quantitative estimate of drug-likeness (QED) is 0.741. The zero-order valence-electron chi connectivity index (χ0n) is 16.3. The van der Waals surface area contributed by atoms with Gasteiger partial charge in [0.25, 0.3) is 0 Å². The number of halogens is 2. The molecule has 7 nitrogen and oxygen atoms in total. The summed E-state index contributed by atoms with van der Waals surface area (Å²) in [6, 6.07) is 0.404. The van der Waals surface area contributed by atoms with Gasteiger partial charge in [-0.25, -0.2) is 13.6 Å². The number of carbonyl (C=O) groups is 1. The van der Waals surface area contributed by atoms with E-state index in [-0.39, 0.29) is 34.7 Å². The first-order valence-electron chi connectivity index (χ1n) is 9.79. The second-order valence-electron chi connectivity index (χ2n) is 8.37. The first-order chi connectivity index (χ1) is 14.2. The third-order valence-corrected chi connectivity index (χ3v) is 6.50. The van der Waals surface area contributed by atoms with Crippen molar-refractivity contribution in [3.8, 4) is 5.75 Å². The van der Waals surface area contributed by atoms with E-state index >= 15 is 4.39 Å². The van der Waals surface area contributed by atoms with Crippen LogP contribution < -0.4 is 20.8 Å². The van der Waals surface area contributed by atoms with Crippen molar-refractivity contribution in [2.75, 3.05) is 25.1 Å². The first-order valence-corrected chi connectivity index (χ1v) is 9.79.